The number of nitrogens with two attached hydrogens (primary N) is 1. The number of aryl methyl sites for hydroxylation is 2. The standard InChI is InChI=1S/C24H22N6O/c1-16-6-8-17(9-7-16)21-20(13-19(26-2)18-5-3-10-27-14-18)30(11-4-12-31)24-22(21)23(25)28-15-29-24/h3,5-10,13-15,31H,4,11-12H2,1H3,(H2,25,28,29)/b19-13-. The summed E-state index contributed by atoms with van der Waals surface area (Å²) in [6.07, 6.45) is 7.18. The first-order valence-electron chi connectivity index (χ1n) is 9.94. The van der Waals surface area contributed by atoms with Gasteiger partial charge >= 0.3 is 0 Å². The van der Waals surface area contributed by atoms with Gasteiger partial charge in [-0.2, -0.15) is 0 Å². The molecule has 0 spiro atoms. The number of anilines is 1. The number of benzene rings is 1. The topological polar surface area (TPSA) is 94.2 Å². The summed E-state index contributed by atoms with van der Waals surface area (Å²) in [4.78, 5) is 16.6. The fourth-order valence-corrected chi connectivity index (χ4v) is 3.65. The molecule has 0 unspecified atom stereocenters. The van der Waals surface area contributed by atoms with Crippen molar-refractivity contribution in [1.29, 1.82) is 0 Å². The lowest BCUT2D eigenvalue weighted by atomic mass is 10.0. The summed E-state index contributed by atoms with van der Waals surface area (Å²) in [7, 11) is 0. The van der Waals surface area contributed by atoms with Gasteiger partial charge in [0.25, 0.3) is 0 Å². The molecular formula is C24H22N6O. The largest absolute Gasteiger partial charge is 0.396 e. The molecule has 0 aliphatic carbocycles. The van der Waals surface area contributed by atoms with Crippen LogP contribution in [0.15, 0.2) is 55.1 Å². The average molecular weight is 410 g/mol. The highest BCUT2D eigenvalue weighted by Gasteiger charge is 2.21. The lowest BCUT2D eigenvalue weighted by Crippen LogP contribution is -2.04. The van der Waals surface area contributed by atoms with Gasteiger partial charge in [0, 0.05) is 36.8 Å². The molecule has 0 amide bonds. The first-order valence-corrected chi connectivity index (χ1v) is 9.94. The minimum Gasteiger partial charge on any atom is -0.396 e. The van der Waals surface area contributed by atoms with Gasteiger partial charge in [-0.15, -0.1) is 0 Å². The Kier molecular flexibility index (Phi) is 5.74. The van der Waals surface area contributed by atoms with E-state index in [1.807, 2.05) is 47.9 Å². The lowest BCUT2D eigenvalue weighted by molar-refractivity contribution is 0.280. The molecule has 0 aliphatic heterocycles. The minimum absolute atomic E-state index is 0.0432. The zero-order valence-corrected chi connectivity index (χ0v) is 17.2. The third-order valence-corrected chi connectivity index (χ3v) is 5.14. The molecule has 7 heteroatoms. The molecule has 0 radical (unpaired) electrons. The molecular weight excluding hydrogens is 388 g/mol. The summed E-state index contributed by atoms with van der Waals surface area (Å²) in [6.45, 7) is 10.4. The van der Waals surface area contributed by atoms with Gasteiger partial charge < -0.3 is 15.4 Å². The van der Waals surface area contributed by atoms with Crippen LogP contribution in [0, 0.1) is 13.5 Å². The average Bonchev–Trinajstić information content (AvgIpc) is 3.11. The molecule has 0 atom stereocenters. The Morgan fingerprint density at radius 2 is 2.03 bits per heavy atom. The number of nitrogen functional groups attached to an aromatic ring is 1. The van der Waals surface area contributed by atoms with E-state index in [2.05, 4.69) is 19.8 Å². The van der Waals surface area contributed by atoms with Crippen LogP contribution in [0.5, 0.6) is 0 Å². The molecule has 3 aromatic heterocycles. The number of nitrogens with zero attached hydrogens (tertiary/aromatic N) is 5. The van der Waals surface area contributed by atoms with Gasteiger partial charge in [0.1, 0.15) is 17.8 Å². The van der Waals surface area contributed by atoms with Crippen molar-refractivity contribution in [1.82, 2.24) is 19.5 Å². The number of aliphatic hydroxyl groups is 1. The van der Waals surface area contributed by atoms with Crippen LogP contribution in [0.3, 0.4) is 0 Å². The molecule has 0 saturated heterocycles. The molecule has 0 fully saturated rings. The van der Waals surface area contributed by atoms with E-state index in [4.69, 9.17) is 12.3 Å². The Labute approximate surface area is 180 Å². The minimum atomic E-state index is 0.0432. The number of aromatic nitrogens is 4. The molecule has 4 rings (SSSR count). The Morgan fingerprint density at radius 1 is 1.23 bits per heavy atom. The second kappa shape index (κ2) is 8.78. The van der Waals surface area contributed by atoms with Gasteiger partial charge in [0.2, 0.25) is 0 Å². The molecule has 0 saturated carbocycles. The first kappa shape index (κ1) is 20.3. The molecule has 4 aromatic rings. The van der Waals surface area contributed by atoms with Crippen molar-refractivity contribution in [2.75, 3.05) is 12.3 Å². The van der Waals surface area contributed by atoms with Crippen LogP contribution in [0.4, 0.5) is 5.82 Å². The van der Waals surface area contributed by atoms with Crippen LogP contribution in [0.25, 0.3) is 38.8 Å². The monoisotopic (exact) mass is 410 g/mol. The molecule has 31 heavy (non-hydrogen) atoms. The highest BCUT2D eigenvalue weighted by molar-refractivity contribution is 6.06. The fourth-order valence-electron chi connectivity index (χ4n) is 3.65. The van der Waals surface area contributed by atoms with Gasteiger partial charge in [-0.25, -0.2) is 14.8 Å². The molecule has 1 aromatic carbocycles. The third kappa shape index (κ3) is 3.89. The second-order valence-corrected chi connectivity index (χ2v) is 7.20. The number of hydrogen-bond donors (Lipinski definition) is 2. The van der Waals surface area contributed by atoms with Gasteiger partial charge in [-0.05, 0) is 36.6 Å². The molecule has 0 aliphatic rings. The van der Waals surface area contributed by atoms with Crippen LogP contribution < -0.4 is 5.73 Å². The van der Waals surface area contributed by atoms with E-state index in [1.54, 1.807) is 18.5 Å². The summed E-state index contributed by atoms with van der Waals surface area (Å²) < 4.78 is 2.00. The summed E-state index contributed by atoms with van der Waals surface area (Å²) in [5.41, 5.74) is 11.9. The van der Waals surface area contributed by atoms with E-state index in [0.29, 0.717) is 30.1 Å². The summed E-state index contributed by atoms with van der Waals surface area (Å²) in [5.74, 6) is 0.378. The first-order chi connectivity index (χ1) is 15.1. The van der Waals surface area contributed by atoms with Crippen LogP contribution in [0.2, 0.25) is 0 Å². The molecule has 3 N–H and O–H groups in total. The Balaban J connectivity index is 2.07. The smallest absolute Gasteiger partial charge is 0.197 e. The van der Waals surface area contributed by atoms with E-state index >= 15 is 0 Å². The van der Waals surface area contributed by atoms with Crippen molar-refractivity contribution in [3.63, 3.8) is 0 Å². The number of rotatable bonds is 6. The normalized spacial score (nSPS) is 11.6. The van der Waals surface area contributed by atoms with Crippen molar-refractivity contribution in [3.8, 4) is 11.1 Å². The van der Waals surface area contributed by atoms with E-state index in [0.717, 1.165) is 33.3 Å². The lowest BCUT2D eigenvalue weighted by Gasteiger charge is -2.10. The molecule has 154 valence electrons. The maximum atomic E-state index is 9.46. The van der Waals surface area contributed by atoms with Crippen molar-refractivity contribution < 1.29 is 5.11 Å². The van der Waals surface area contributed by atoms with Crippen LogP contribution in [-0.2, 0) is 6.54 Å². The zero-order valence-electron chi connectivity index (χ0n) is 17.2. The number of fused-ring (bicyclic) bond motifs is 1. The van der Waals surface area contributed by atoms with Crippen molar-refractivity contribution in [2.24, 2.45) is 0 Å². The van der Waals surface area contributed by atoms with Gasteiger partial charge in [-0.3, -0.25) is 4.98 Å². The quantitative estimate of drug-likeness (QED) is 0.465. The Morgan fingerprint density at radius 3 is 2.71 bits per heavy atom. The summed E-state index contributed by atoms with van der Waals surface area (Å²) in [5, 5.41) is 10.2. The predicted octanol–water partition coefficient (Wildman–Crippen LogP) is 4.18. The van der Waals surface area contributed by atoms with E-state index in [1.165, 1.54) is 6.33 Å². The fraction of sp³-hybridized carbons (Fsp3) is 0.167. The van der Waals surface area contributed by atoms with Crippen LogP contribution in [-0.4, -0.2) is 31.2 Å². The van der Waals surface area contributed by atoms with Crippen molar-refractivity contribution in [3.05, 3.63) is 83.4 Å². The van der Waals surface area contributed by atoms with Gasteiger partial charge in [0.15, 0.2) is 5.70 Å². The van der Waals surface area contributed by atoms with E-state index in [9.17, 15) is 5.11 Å². The Hall–Kier alpha value is -4.02. The SMILES string of the molecule is [C-]#[N+]/C(=C\c1c(-c2ccc(C)cc2)c2c(N)ncnc2n1CCCO)c1cccnc1. The number of aliphatic hydroxyl groups excluding tert-OH is 1. The summed E-state index contributed by atoms with van der Waals surface area (Å²) in [6, 6.07) is 11.8. The summed E-state index contributed by atoms with van der Waals surface area (Å²) >= 11 is 0. The number of pyridine rings is 1. The van der Waals surface area contributed by atoms with Gasteiger partial charge in [0.05, 0.1) is 12.0 Å². The van der Waals surface area contributed by atoms with Gasteiger partial charge in [-0.1, -0.05) is 35.9 Å². The number of hydrogen-bond acceptors (Lipinski definition) is 5. The second-order valence-electron chi connectivity index (χ2n) is 7.20. The van der Waals surface area contributed by atoms with Crippen LogP contribution in [0.1, 0.15) is 23.2 Å². The highest BCUT2D eigenvalue weighted by atomic mass is 16.3. The third-order valence-electron chi connectivity index (χ3n) is 5.14. The predicted molar refractivity (Wildman–Crippen MR) is 123 cm³/mol. The molecule has 0 bridgehead atoms. The maximum absolute atomic E-state index is 9.46. The zero-order chi connectivity index (χ0) is 21.8. The van der Waals surface area contributed by atoms with Crippen LogP contribution >= 0.6 is 0 Å². The highest BCUT2D eigenvalue weighted by Crippen LogP contribution is 2.39. The molecule has 3 heterocycles. The van der Waals surface area contributed by atoms with Crippen molar-refractivity contribution >= 4 is 28.6 Å². The van der Waals surface area contributed by atoms with E-state index in [-0.39, 0.29) is 6.61 Å². The maximum Gasteiger partial charge on any atom is 0.197 e. The Bertz CT molecular complexity index is 1280. The van der Waals surface area contributed by atoms with E-state index < -0.39 is 0 Å². The molecule has 7 nitrogen and oxygen atoms in total. The van der Waals surface area contributed by atoms with Crippen molar-refractivity contribution in [2.45, 2.75) is 19.9 Å².